The molecule has 2 aromatic rings. The van der Waals surface area contributed by atoms with Crippen molar-refractivity contribution in [2.24, 2.45) is 0 Å². The van der Waals surface area contributed by atoms with Crippen LogP contribution in [0.2, 0.25) is 5.02 Å². The van der Waals surface area contributed by atoms with E-state index in [1.165, 1.54) is 18.3 Å². The molecule has 1 heterocycles. The predicted molar refractivity (Wildman–Crippen MR) is 71.5 cm³/mol. The van der Waals surface area contributed by atoms with E-state index in [9.17, 15) is 21.6 Å². The van der Waals surface area contributed by atoms with Crippen LogP contribution in [0.5, 0.6) is 0 Å². The Kier molecular flexibility index (Phi) is 4.11. The summed E-state index contributed by atoms with van der Waals surface area (Å²) in [5.41, 5.74) is -1.36. The van der Waals surface area contributed by atoms with E-state index in [0.29, 0.717) is 6.07 Å². The van der Waals surface area contributed by atoms with Gasteiger partial charge < -0.3 is 0 Å². The summed E-state index contributed by atoms with van der Waals surface area (Å²) >= 11 is 5.46. The first-order valence-electron chi connectivity index (χ1n) is 5.50. The van der Waals surface area contributed by atoms with Crippen LogP contribution in [-0.4, -0.2) is 13.4 Å². The van der Waals surface area contributed by atoms with Crippen LogP contribution in [0.15, 0.2) is 47.6 Å². The minimum absolute atomic E-state index is 0.159. The van der Waals surface area contributed by atoms with Gasteiger partial charge in [-0.1, -0.05) is 11.6 Å². The van der Waals surface area contributed by atoms with Gasteiger partial charge in [0.15, 0.2) is 0 Å². The summed E-state index contributed by atoms with van der Waals surface area (Å²) in [6, 6.07) is 5.43. The number of halogens is 4. The monoisotopic (exact) mass is 336 g/mol. The van der Waals surface area contributed by atoms with Crippen LogP contribution in [0, 0.1) is 0 Å². The molecule has 0 amide bonds. The molecular weight excluding hydrogens is 329 g/mol. The van der Waals surface area contributed by atoms with Crippen LogP contribution in [0.3, 0.4) is 0 Å². The molecule has 0 unspecified atom stereocenters. The lowest BCUT2D eigenvalue weighted by molar-refractivity contribution is -0.137. The highest BCUT2D eigenvalue weighted by Gasteiger charge is 2.33. The van der Waals surface area contributed by atoms with Gasteiger partial charge in [0.1, 0.15) is 4.90 Å². The molecule has 0 fully saturated rings. The molecule has 9 heteroatoms. The van der Waals surface area contributed by atoms with E-state index >= 15 is 0 Å². The van der Waals surface area contributed by atoms with Crippen LogP contribution >= 0.6 is 11.6 Å². The van der Waals surface area contributed by atoms with Crippen LogP contribution < -0.4 is 4.72 Å². The second-order valence-corrected chi connectivity index (χ2v) is 6.08. The molecule has 21 heavy (non-hydrogen) atoms. The molecular formula is C12H8ClF3N2O2S. The zero-order valence-corrected chi connectivity index (χ0v) is 11.8. The van der Waals surface area contributed by atoms with E-state index in [1.807, 2.05) is 4.72 Å². The number of pyridine rings is 1. The van der Waals surface area contributed by atoms with Gasteiger partial charge >= 0.3 is 6.18 Å². The van der Waals surface area contributed by atoms with Gasteiger partial charge in [-0.2, -0.15) is 13.2 Å². The maximum Gasteiger partial charge on any atom is 0.417 e. The van der Waals surface area contributed by atoms with Crippen molar-refractivity contribution in [3.8, 4) is 0 Å². The number of hydrogen-bond acceptors (Lipinski definition) is 3. The zero-order chi connectivity index (χ0) is 15.7. The molecule has 0 saturated carbocycles. The molecule has 0 bridgehead atoms. The first kappa shape index (κ1) is 15.6. The quantitative estimate of drug-likeness (QED) is 0.932. The Bertz CT molecular complexity index is 749. The summed E-state index contributed by atoms with van der Waals surface area (Å²) in [5, 5.41) is -0.508. The molecule has 0 spiro atoms. The number of nitrogens with zero attached hydrogens (tertiary/aromatic N) is 1. The Morgan fingerprint density at radius 2 is 1.90 bits per heavy atom. The van der Waals surface area contributed by atoms with E-state index in [-0.39, 0.29) is 10.6 Å². The van der Waals surface area contributed by atoms with Gasteiger partial charge in [-0.3, -0.25) is 9.71 Å². The molecule has 0 saturated heterocycles. The maximum atomic E-state index is 12.7. The first-order valence-corrected chi connectivity index (χ1v) is 7.36. The third-order valence-corrected chi connectivity index (χ3v) is 4.16. The minimum Gasteiger partial charge on any atom is -0.280 e. The van der Waals surface area contributed by atoms with E-state index in [2.05, 4.69) is 4.98 Å². The fourth-order valence-electron chi connectivity index (χ4n) is 1.53. The van der Waals surface area contributed by atoms with Crippen molar-refractivity contribution in [1.82, 2.24) is 4.98 Å². The Morgan fingerprint density at radius 3 is 2.48 bits per heavy atom. The number of sulfonamides is 1. The van der Waals surface area contributed by atoms with Crippen molar-refractivity contribution in [1.29, 1.82) is 0 Å². The molecule has 0 aliphatic rings. The number of anilines is 1. The molecule has 0 aliphatic carbocycles. The van der Waals surface area contributed by atoms with Crippen molar-refractivity contribution < 1.29 is 21.6 Å². The molecule has 112 valence electrons. The number of nitrogens with one attached hydrogen (secondary N) is 1. The highest BCUT2D eigenvalue weighted by atomic mass is 35.5. The SMILES string of the molecule is O=S(=O)(Nc1ccc(Cl)c(C(F)(F)F)c1)c1cccnc1. The minimum atomic E-state index is -4.67. The van der Waals surface area contributed by atoms with Crippen LogP contribution in [-0.2, 0) is 16.2 Å². The second kappa shape index (κ2) is 5.53. The van der Waals surface area contributed by atoms with Crippen LogP contribution in [0.1, 0.15) is 5.56 Å². The summed E-state index contributed by atoms with van der Waals surface area (Å²) in [4.78, 5) is 3.48. The molecule has 1 aromatic heterocycles. The van der Waals surface area contributed by atoms with Gasteiger partial charge in [-0.05, 0) is 30.3 Å². The normalized spacial score (nSPS) is 12.2. The van der Waals surface area contributed by atoms with Gasteiger partial charge in [-0.25, -0.2) is 8.42 Å². The Labute approximate surface area is 123 Å². The topological polar surface area (TPSA) is 59.1 Å². The lowest BCUT2D eigenvalue weighted by Gasteiger charge is -2.12. The summed E-state index contributed by atoms with van der Waals surface area (Å²) in [7, 11) is -4.01. The molecule has 1 aromatic carbocycles. The fourth-order valence-corrected chi connectivity index (χ4v) is 2.76. The maximum absolute atomic E-state index is 12.7. The summed E-state index contributed by atoms with van der Waals surface area (Å²) in [6.07, 6.45) is -2.21. The highest BCUT2D eigenvalue weighted by Crippen LogP contribution is 2.36. The Balaban J connectivity index is 2.37. The van der Waals surface area contributed by atoms with Gasteiger partial charge in [0.05, 0.1) is 10.6 Å². The number of hydrogen-bond donors (Lipinski definition) is 1. The second-order valence-electron chi connectivity index (χ2n) is 3.99. The number of rotatable bonds is 3. The van der Waals surface area contributed by atoms with Gasteiger partial charge in [-0.15, -0.1) is 0 Å². The van der Waals surface area contributed by atoms with Crippen molar-refractivity contribution in [3.05, 3.63) is 53.3 Å². The average Bonchev–Trinajstić information content (AvgIpc) is 2.40. The van der Waals surface area contributed by atoms with Crippen LogP contribution in [0.25, 0.3) is 0 Å². The van der Waals surface area contributed by atoms with E-state index < -0.39 is 26.8 Å². The van der Waals surface area contributed by atoms with Gasteiger partial charge in [0.2, 0.25) is 0 Å². The molecule has 4 nitrogen and oxygen atoms in total. The summed E-state index contributed by atoms with van der Waals surface area (Å²) < 4.78 is 64.2. The lowest BCUT2D eigenvalue weighted by Crippen LogP contribution is -2.14. The number of benzene rings is 1. The third-order valence-electron chi connectivity index (χ3n) is 2.47. The molecule has 0 atom stereocenters. The smallest absolute Gasteiger partial charge is 0.280 e. The van der Waals surface area contributed by atoms with Gasteiger partial charge in [0.25, 0.3) is 10.0 Å². The van der Waals surface area contributed by atoms with E-state index in [0.717, 1.165) is 18.3 Å². The third kappa shape index (κ3) is 3.64. The average molecular weight is 337 g/mol. The molecule has 1 N–H and O–H groups in total. The zero-order valence-electron chi connectivity index (χ0n) is 10.2. The molecule has 2 rings (SSSR count). The Hall–Kier alpha value is -1.80. The molecule has 0 aliphatic heterocycles. The Morgan fingerprint density at radius 1 is 1.19 bits per heavy atom. The first-order chi connectivity index (χ1) is 9.70. The van der Waals surface area contributed by atoms with E-state index in [4.69, 9.17) is 11.6 Å². The van der Waals surface area contributed by atoms with Crippen molar-refractivity contribution in [3.63, 3.8) is 0 Å². The van der Waals surface area contributed by atoms with Crippen molar-refractivity contribution in [2.45, 2.75) is 11.1 Å². The fraction of sp³-hybridized carbons (Fsp3) is 0.0833. The summed E-state index contributed by atoms with van der Waals surface area (Å²) in [6.45, 7) is 0. The standard InChI is InChI=1S/C12H8ClF3N2O2S/c13-11-4-3-8(6-10(11)12(14,15)16)18-21(19,20)9-2-1-5-17-7-9/h1-7,18H. The van der Waals surface area contributed by atoms with Crippen molar-refractivity contribution in [2.75, 3.05) is 4.72 Å². The largest absolute Gasteiger partial charge is 0.417 e. The molecule has 0 radical (unpaired) electrons. The van der Waals surface area contributed by atoms with Gasteiger partial charge in [0, 0.05) is 18.1 Å². The number of aromatic nitrogens is 1. The predicted octanol–water partition coefficient (Wildman–Crippen LogP) is 3.55. The highest BCUT2D eigenvalue weighted by molar-refractivity contribution is 7.92. The summed E-state index contributed by atoms with van der Waals surface area (Å²) in [5.74, 6) is 0. The lowest BCUT2D eigenvalue weighted by atomic mass is 10.2. The van der Waals surface area contributed by atoms with Crippen molar-refractivity contribution >= 4 is 27.3 Å². The number of alkyl halides is 3. The van der Waals surface area contributed by atoms with Crippen LogP contribution in [0.4, 0.5) is 18.9 Å². The van der Waals surface area contributed by atoms with E-state index in [1.54, 1.807) is 0 Å².